The molecule has 78 valence electrons. The highest BCUT2D eigenvalue weighted by Gasteiger charge is 1.99. The zero-order valence-corrected chi connectivity index (χ0v) is 9.04. The molecule has 2 N–H and O–H groups in total. The van der Waals surface area contributed by atoms with Gasteiger partial charge in [0.15, 0.2) is 0 Å². The number of benzene rings is 1. The molecule has 3 nitrogen and oxygen atoms in total. The first-order valence-electron chi connectivity index (χ1n) is 5.15. The summed E-state index contributed by atoms with van der Waals surface area (Å²) in [6.45, 7) is 4.31. The fraction of sp³-hybridized carbons (Fsp3) is 0.250. The van der Waals surface area contributed by atoms with E-state index in [1.165, 1.54) is 11.1 Å². The Morgan fingerprint density at radius 3 is 2.87 bits per heavy atom. The largest absolute Gasteiger partial charge is 0.353 e. The summed E-state index contributed by atoms with van der Waals surface area (Å²) in [5, 5.41) is 9.96. The number of anilines is 2. The second-order valence-corrected chi connectivity index (χ2v) is 3.61. The lowest BCUT2D eigenvalue weighted by atomic mass is 10.1. The van der Waals surface area contributed by atoms with Crippen LogP contribution in [0.5, 0.6) is 0 Å². The van der Waals surface area contributed by atoms with Gasteiger partial charge < -0.3 is 5.32 Å². The van der Waals surface area contributed by atoms with Crippen LogP contribution >= 0.6 is 0 Å². The summed E-state index contributed by atoms with van der Waals surface area (Å²) in [5.41, 5.74) is 4.82. The minimum absolute atomic E-state index is 0.987. The zero-order valence-electron chi connectivity index (χ0n) is 9.04. The summed E-state index contributed by atoms with van der Waals surface area (Å²) in [6, 6.07) is 6.41. The quantitative estimate of drug-likeness (QED) is 0.801. The summed E-state index contributed by atoms with van der Waals surface area (Å²) in [6.07, 6.45) is 4.67. The van der Waals surface area contributed by atoms with E-state index in [1.807, 2.05) is 6.20 Å². The van der Waals surface area contributed by atoms with E-state index in [0.717, 1.165) is 17.8 Å². The van der Waals surface area contributed by atoms with Gasteiger partial charge in [0, 0.05) is 11.9 Å². The highest BCUT2D eigenvalue weighted by atomic mass is 15.1. The average Bonchev–Trinajstić information content (AvgIpc) is 2.73. The third-order valence-electron chi connectivity index (χ3n) is 2.52. The molecule has 1 heterocycles. The number of H-pyrrole nitrogens is 1. The molecule has 3 heteroatoms. The summed E-state index contributed by atoms with van der Waals surface area (Å²) < 4.78 is 0. The topological polar surface area (TPSA) is 40.7 Å². The van der Waals surface area contributed by atoms with E-state index in [9.17, 15) is 0 Å². The Bertz CT molecular complexity index is 432. The number of hydrogen-bond donors (Lipinski definition) is 2. The van der Waals surface area contributed by atoms with Crippen LogP contribution in [0.2, 0.25) is 0 Å². The van der Waals surface area contributed by atoms with Gasteiger partial charge in [0.1, 0.15) is 0 Å². The Morgan fingerprint density at radius 1 is 1.33 bits per heavy atom. The highest BCUT2D eigenvalue weighted by molar-refractivity contribution is 5.59. The third kappa shape index (κ3) is 2.18. The van der Waals surface area contributed by atoms with E-state index in [1.54, 1.807) is 6.20 Å². The first-order valence-corrected chi connectivity index (χ1v) is 5.15. The fourth-order valence-electron chi connectivity index (χ4n) is 1.62. The zero-order chi connectivity index (χ0) is 10.7. The highest BCUT2D eigenvalue weighted by Crippen LogP contribution is 2.19. The number of nitrogens with one attached hydrogen (secondary N) is 2. The van der Waals surface area contributed by atoms with Crippen LogP contribution in [0.1, 0.15) is 18.1 Å². The molecular weight excluding hydrogens is 186 g/mol. The maximum Gasteiger partial charge on any atom is 0.0767 e. The maximum absolute atomic E-state index is 3.89. The summed E-state index contributed by atoms with van der Waals surface area (Å²) in [4.78, 5) is 0. The molecule has 0 unspecified atom stereocenters. The Hall–Kier alpha value is -1.77. The molecular formula is C12H15N3. The van der Waals surface area contributed by atoms with E-state index in [0.29, 0.717) is 0 Å². The van der Waals surface area contributed by atoms with Crippen molar-refractivity contribution in [1.29, 1.82) is 0 Å². The Labute approximate surface area is 89.5 Å². The molecule has 2 aromatic rings. The van der Waals surface area contributed by atoms with Gasteiger partial charge in [-0.25, -0.2) is 0 Å². The van der Waals surface area contributed by atoms with Crippen molar-refractivity contribution < 1.29 is 0 Å². The van der Waals surface area contributed by atoms with E-state index in [4.69, 9.17) is 0 Å². The molecule has 0 saturated carbocycles. The van der Waals surface area contributed by atoms with Crippen LogP contribution in [0.15, 0.2) is 30.6 Å². The van der Waals surface area contributed by atoms with Crippen LogP contribution in [0.4, 0.5) is 11.4 Å². The molecule has 2 rings (SSSR count). The average molecular weight is 201 g/mol. The van der Waals surface area contributed by atoms with Gasteiger partial charge in [-0.1, -0.05) is 13.0 Å². The molecule has 15 heavy (non-hydrogen) atoms. The molecule has 0 atom stereocenters. The van der Waals surface area contributed by atoms with Gasteiger partial charge in [0.05, 0.1) is 11.9 Å². The molecule has 1 aromatic heterocycles. The molecule has 0 aliphatic carbocycles. The minimum atomic E-state index is 0.987. The third-order valence-corrected chi connectivity index (χ3v) is 2.52. The lowest BCUT2D eigenvalue weighted by molar-refractivity contribution is 1.09. The van der Waals surface area contributed by atoms with Crippen molar-refractivity contribution in [3.8, 4) is 0 Å². The van der Waals surface area contributed by atoms with Crippen LogP contribution in [-0.2, 0) is 6.42 Å². The molecule has 0 saturated heterocycles. The summed E-state index contributed by atoms with van der Waals surface area (Å²) in [5.74, 6) is 0. The van der Waals surface area contributed by atoms with Gasteiger partial charge >= 0.3 is 0 Å². The first-order chi connectivity index (χ1) is 7.29. The van der Waals surface area contributed by atoms with Crippen molar-refractivity contribution >= 4 is 11.4 Å². The number of aromatic amines is 1. The molecule has 0 fully saturated rings. The first kappa shape index (κ1) is 9.77. The van der Waals surface area contributed by atoms with Gasteiger partial charge in [0.25, 0.3) is 0 Å². The Kier molecular flexibility index (Phi) is 2.72. The standard InChI is InChI=1S/C12H15N3/c1-3-10-6-11(5-4-9(10)2)15-12-7-13-14-8-12/h4-8,15H,3H2,1-2H3,(H,13,14). The van der Waals surface area contributed by atoms with Crippen molar-refractivity contribution in [2.75, 3.05) is 5.32 Å². The van der Waals surface area contributed by atoms with Gasteiger partial charge in [0.2, 0.25) is 0 Å². The smallest absolute Gasteiger partial charge is 0.0767 e. The van der Waals surface area contributed by atoms with Crippen molar-refractivity contribution in [2.45, 2.75) is 20.3 Å². The number of hydrogen-bond acceptors (Lipinski definition) is 2. The van der Waals surface area contributed by atoms with E-state index in [-0.39, 0.29) is 0 Å². The lowest BCUT2D eigenvalue weighted by Crippen LogP contribution is -1.92. The number of aryl methyl sites for hydroxylation is 2. The van der Waals surface area contributed by atoms with Gasteiger partial charge in [-0.2, -0.15) is 5.10 Å². The summed E-state index contributed by atoms with van der Waals surface area (Å²) >= 11 is 0. The normalized spacial score (nSPS) is 10.3. The van der Waals surface area contributed by atoms with Crippen molar-refractivity contribution in [2.24, 2.45) is 0 Å². The van der Waals surface area contributed by atoms with E-state index in [2.05, 4.69) is 47.6 Å². The predicted octanol–water partition coefficient (Wildman–Crippen LogP) is 3.02. The van der Waals surface area contributed by atoms with Crippen molar-refractivity contribution in [1.82, 2.24) is 10.2 Å². The molecule has 0 amide bonds. The molecule has 0 spiro atoms. The number of rotatable bonds is 3. The van der Waals surface area contributed by atoms with E-state index >= 15 is 0 Å². The molecule has 1 aromatic carbocycles. The molecule has 0 radical (unpaired) electrons. The second kappa shape index (κ2) is 4.17. The van der Waals surface area contributed by atoms with Crippen molar-refractivity contribution in [3.05, 3.63) is 41.7 Å². The lowest BCUT2D eigenvalue weighted by Gasteiger charge is -2.07. The van der Waals surface area contributed by atoms with Crippen molar-refractivity contribution in [3.63, 3.8) is 0 Å². The molecule has 0 aliphatic rings. The SMILES string of the molecule is CCc1cc(Nc2cn[nH]c2)ccc1C. The van der Waals surface area contributed by atoms with Crippen LogP contribution in [0.25, 0.3) is 0 Å². The second-order valence-electron chi connectivity index (χ2n) is 3.61. The maximum atomic E-state index is 3.89. The minimum Gasteiger partial charge on any atom is -0.353 e. The fourth-order valence-corrected chi connectivity index (χ4v) is 1.62. The Morgan fingerprint density at radius 2 is 2.20 bits per heavy atom. The molecule has 0 bridgehead atoms. The Balaban J connectivity index is 2.22. The number of nitrogens with zero attached hydrogens (tertiary/aromatic N) is 1. The monoisotopic (exact) mass is 201 g/mol. The van der Waals surface area contributed by atoms with Crippen LogP contribution in [-0.4, -0.2) is 10.2 Å². The van der Waals surface area contributed by atoms with Gasteiger partial charge in [-0.05, 0) is 36.6 Å². The number of aromatic nitrogens is 2. The van der Waals surface area contributed by atoms with E-state index < -0.39 is 0 Å². The summed E-state index contributed by atoms with van der Waals surface area (Å²) in [7, 11) is 0. The molecule has 0 aliphatic heterocycles. The van der Waals surface area contributed by atoms with Crippen LogP contribution < -0.4 is 5.32 Å². The van der Waals surface area contributed by atoms with Gasteiger partial charge in [-0.15, -0.1) is 0 Å². The van der Waals surface area contributed by atoms with Crippen LogP contribution in [0, 0.1) is 6.92 Å². The predicted molar refractivity (Wildman–Crippen MR) is 62.4 cm³/mol. The van der Waals surface area contributed by atoms with Gasteiger partial charge in [-0.3, -0.25) is 5.10 Å². The van der Waals surface area contributed by atoms with Crippen LogP contribution in [0.3, 0.4) is 0 Å².